The minimum Gasteiger partial charge on any atom is -0.481 e. The number of carboxylic acid groups (broad SMARTS) is 1. The zero-order chi connectivity index (χ0) is 11.5. The molecule has 16 heavy (non-hydrogen) atoms. The van der Waals surface area contributed by atoms with E-state index in [1.54, 1.807) is 4.90 Å². The van der Waals surface area contributed by atoms with Crippen LogP contribution in [0.2, 0.25) is 0 Å². The summed E-state index contributed by atoms with van der Waals surface area (Å²) in [4.78, 5) is 24.6. The molecule has 2 atom stereocenters. The van der Waals surface area contributed by atoms with Gasteiger partial charge >= 0.3 is 5.97 Å². The van der Waals surface area contributed by atoms with Gasteiger partial charge in [0.15, 0.2) is 0 Å². The van der Waals surface area contributed by atoms with Crippen molar-refractivity contribution in [1.82, 2.24) is 10.2 Å². The van der Waals surface area contributed by atoms with Gasteiger partial charge in [-0.2, -0.15) is 0 Å². The summed E-state index contributed by atoms with van der Waals surface area (Å²) in [5.41, 5.74) is 0. The highest BCUT2D eigenvalue weighted by atomic mass is 16.4. The lowest BCUT2D eigenvalue weighted by atomic mass is 9.98. The Morgan fingerprint density at radius 1 is 1.25 bits per heavy atom. The predicted molar refractivity (Wildman–Crippen MR) is 57.9 cm³/mol. The minimum atomic E-state index is -0.780. The summed E-state index contributed by atoms with van der Waals surface area (Å²) in [6.45, 7) is 2.73. The molecule has 2 heterocycles. The van der Waals surface area contributed by atoms with Crippen LogP contribution in [0.4, 0.5) is 0 Å². The van der Waals surface area contributed by atoms with Gasteiger partial charge in [0, 0.05) is 19.6 Å². The average molecular weight is 226 g/mol. The Bertz CT molecular complexity index is 287. The highest BCUT2D eigenvalue weighted by molar-refractivity contribution is 5.81. The molecule has 2 N–H and O–H groups in total. The quantitative estimate of drug-likeness (QED) is 0.691. The second-order valence-corrected chi connectivity index (χ2v) is 4.65. The lowest BCUT2D eigenvalue weighted by Gasteiger charge is -2.26. The molecular formula is C11H18N2O3. The summed E-state index contributed by atoms with van der Waals surface area (Å²) >= 11 is 0. The number of nitrogens with zero attached hydrogens (tertiary/aromatic N) is 1. The van der Waals surface area contributed by atoms with Gasteiger partial charge < -0.3 is 15.3 Å². The van der Waals surface area contributed by atoms with Crippen molar-refractivity contribution in [2.45, 2.75) is 19.3 Å². The molecule has 0 aliphatic carbocycles. The van der Waals surface area contributed by atoms with Gasteiger partial charge in [0.2, 0.25) is 5.91 Å². The predicted octanol–water partition coefficient (Wildman–Crippen LogP) is -0.0809. The van der Waals surface area contributed by atoms with Gasteiger partial charge in [-0.1, -0.05) is 0 Å². The third-order valence-corrected chi connectivity index (χ3v) is 3.50. The van der Waals surface area contributed by atoms with Gasteiger partial charge in [0.1, 0.15) is 0 Å². The summed E-state index contributed by atoms with van der Waals surface area (Å²) in [6, 6.07) is 0. The topological polar surface area (TPSA) is 69.6 Å². The molecule has 2 rings (SSSR count). The molecule has 0 saturated carbocycles. The number of likely N-dealkylation sites (tertiary alicyclic amines) is 1. The lowest BCUT2D eigenvalue weighted by molar-refractivity contribution is -0.141. The fraction of sp³-hybridized carbons (Fsp3) is 0.818. The van der Waals surface area contributed by atoms with Gasteiger partial charge in [-0.25, -0.2) is 0 Å². The van der Waals surface area contributed by atoms with Gasteiger partial charge in [-0.15, -0.1) is 0 Å². The number of rotatable bonds is 2. The van der Waals surface area contributed by atoms with Gasteiger partial charge in [-0.3, -0.25) is 9.59 Å². The molecule has 2 saturated heterocycles. The molecule has 0 aromatic heterocycles. The van der Waals surface area contributed by atoms with Crippen molar-refractivity contribution < 1.29 is 14.7 Å². The third kappa shape index (κ3) is 2.35. The first-order valence-corrected chi connectivity index (χ1v) is 5.91. The van der Waals surface area contributed by atoms with E-state index in [0.29, 0.717) is 19.5 Å². The van der Waals surface area contributed by atoms with Crippen molar-refractivity contribution in [3.8, 4) is 0 Å². The Morgan fingerprint density at radius 2 is 2.06 bits per heavy atom. The third-order valence-electron chi connectivity index (χ3n) is 3.50. The Kier molecular flexibility index (Phi) is 3.43. The SMILES string of the molecule is O=C(O)C1CCN(C(=O)C2CCCNC2)C1. The van der Waals surface area contributed by atoms with E-state index in [2.05, 4.69) is 5.32 Å². The summed E-state index contributed by atoms with van der Waals surface area (Å²) < 4.78 is 0. The first kappa shape index (κ1) is 11.4. The number of nitrogens with one attached hydrogen (secondary N) is 1. The van der Waals surface area contributed by atoms with Crippen LogP contribution in [-0.4, -0.2) is 48.1 Å². The summed E-state index contributed by atoms with van der Waals surface area (Å²) in [7, 11) is 0. The summed E-state index contributed by atoms with van der Waals surface area (Å²) in [5.74, 6) is -0.949. The Morgan fingerprint density at radius 3 is 2.62 bits per heavy atom. The van der Waals surface area contributed by atoms with Crippen molar-refractivity contribution in [3.63, 3.8) is 0 Å². The average Bonchev–Trinajstić information content (AvgIpc) is 2.78. The molecular weight excluding hydrogens is 208 g/mol. The van der Waals surface area contributed by atoms with E-state index in [-0.39, 0.29) is 17.7 Å². The first-order valence-electron chi connectivity index (χ1n) is 5.91. The molecule has 2 unspecified atom stereocenters. The number of amides is 1. The van der Waals surface area contributed by atoms with E-state index >= 15 is 0 Å². The molecule has 2 fully saturated rings. The van der Waals surface area contributed by atoms with Crippen molar-refractivity contribution in [3.05, 3.63) is 0 Å². The Balaban J connectivity index is 1.88. The molecule has 2 aliphatic heterocycles. The second-order valence-electron chi connectivity index (χ2n) is 4.65. The van der Waals surface area contributed by atoms with E-state index in [1.165, 1.54) is 0 Å². The number of hydrogen-bond donors (Lipinski definition) is 2. The van der Waals surface area contributed by atoms with Gasteiger partial charge in [-0.05, 0) is 25.8 Å². The number of carbonyl (C=O) groups is 2. The molecule has 0 aromatic rings. The van der Waals surface area contributed by atoms with Crippen molar-refractivity contribution >= 4 is 11.9 Å². The van der Waals surface area contributed by atoms with E-state index in [9.17, 15) is 9.59 Å². The molecule has 0 radical (unpaired) electrons. The van der Waals surface area contributed by atoms with Crippen LogP contribution in [0, 0.1) is 11.8 Å². The van der Waals surface area contributed by atoms with E-state index in [1.807, 2.05) is 0 Å². The van der Waals surface area contributed by atoms with Gasteiger partial charge in [0.25, 0.3) is 0 Å². The fourth-order valence-corrected chi connectivity index (χ4v) is 2.48. The zero-order valence-corrected chi connectivity index (χ0v) is 9.32. The van der Waals surface area contributed by atoms with Crippen LogP contribution in [-0.2, 0) is 9.59 Å². The fourth-order valence-electron chi connectivity index (χ4n) is 2.48. The van der Waals surface area contributed by atoms with E-state index in [0.717, 1.165) is 25.9 Å². The maximum atomic E-state index is 12.1. The van der Waals surface area contributed by atoms with Crippen molar-refractivity contribution in [1.29, 1.82) is 0 Å². The molecule has 1 amide bonds. The number of carbonyl (C=O) groups excluding carboxylic acids is 1. The highest BCUT2D eigenvalue weighted by Crippen LogP contribution is 2.21. The monoisotopic (exact) mass is 226 g/mol. The first-order chi connectivity index (χ1) is 7.68. The highest BCUT2D eigenvalue weighted by Gasteiger charge is 2.34. The zero-order valence-electron chi connectivity index (χ0n) is 9.32. The van der Waals surface area contributed by atoms with E-state index < -0.39 is 5.97 Å². The van der Waals surface area contributed by atoms with Crippen molar-refractivity contribution in [2.24, 2.45) is 11.8 Å². The van der Waals surface area contributed by atoms with Crippen molar-refractivity contribution in [2.75, 3.05) is 26.2 Å². The molecule has 0 aromatic carbocycles. The maximum Gasteiger partial charge on any atom is 0.308 e. The minimum absolute atomic E-state index is 0.0568. The van der Waals surface area contributed by atoms with Crippen LogP contribution < -0.4 is 5.32 Å². The molecule has 90 valence electrons. The number of carboxylic acids is 1. The molecule has 0 bridgehead atoms. The molecule has 0 spiro atoms. The lowest BCUT2D eigenvalue weighted by Crippen LogP contribution is -2.42. The normalized spacial score (nSPS) is 30.4. The van der Waals surface area contributed by atoms with Crippen LogP contribution in [0.5, 0.6) is 0 Å². The van der Waals surface area contributed by atoms with Crippen LogP contribution >= 0.6 is 0 Å². The standard InChI is InChI=1S/C11H18N2O3/c14-10(8-2-1-4-12-6-8)13-5-3-9(7-13)11(15)16/h8-9,12H,1-7H2,(H,15,16). The Hall–Kier alpha value is -1.10. The van der Waals surface area contributed by atoms with Crippen LogP contribution in [0.3, 0.4) is 0 Å². The molecule has 5 nitrogen and oxygen atoms in total. The largest absolute Gasteiger partial charge is 0.481 e. The Labute approximate surface area is 94.8 Å². The summed E-state index contributed by atoms with van der Waals surface area (Å²) in [6.07, 6.45) is 2.56. The molecule has 2 aliphatic rings. The molecule has 5 heteroatoms. The van der Waals surface area contributed by atoms with Gasteiger partial charge in [0.05, 0.1) is 11.8 Å². The summed E-state index contributed by atoms with van der Waals surface area (Å²) in [5, 5.41) is 12.1. The maximum absolute atomic E-state index is 12.1. The second kappa shape index (κ2) is 4.82. The number of piperidine rings is 1. The number of aliphatic carboxylic acids is 1. The smallest absolute Gasteiger partial charge is 0.308 e. The number of hydrogen-bond acceptors (Lipinski definition) is 3. The van der Waals surface area contributed by atoms with Crippen LogP contribution in [0.25, 0.3) is 0 Å². The van der Waals surface area contributed by atoms with Crippen LogP contribution in [0.1, 0.15) is 19.3 Å². The van der Waals surface area contributed by atoms with Crippen LogP contribution in [0.15, 0.2) is 0 Å². The van der Waals surface area contributed by atoms with E-state index in [4.69, 9.17) is 5.11 Å².